The lowest BCUT2D eigenvalue weighted by Crippen LogP contribution is -2.17. The second-order valence-electron chi connectivity index (χ2n) is 9.03. The Morgan fingerprint density at radius 1 is 1.09 bits per heavy atom. The van der Waals surface area contributed by atoms with E-state index in [2.05, 4.69) is 31.9 Å². The van der Waals surface area contributed by atoms with E-state index in [0.29, 0.717) is 18.2 Å². The van der Waals surface area contributed by atoms with Crippen molar-refractivity contribution in [3.05, 3.63) is 71.9 Å². The summed E-state index contributed by atoms with van der Waals surface area (Å²) in [6, 6.07) is 14.8. The zero-order valence-corrected chi connectivity index (χ0v) is 20.4. The fraction of sp³-hybridized carbons (Fsp3) is 0.259. The number of aromatic amines is 1. The Balaban J connectivity index is 1.72. The van der Waals surface area contributed by atoms with Crippen LogP contribution in [-0.4, -0.2) is 43.4 Å². The maximum atomic E-state index is 13.9. The van der Waals surface area contributed by atoms with Gasteiger partial charge in [-0.05, 0) is 68.3 Å². The van der Waals surface area contributed by atoms with E-state index in [4.69, 9.17) is 4.74 Å². The molecule has 4 heterocycles. The number of ether oxygens (including phenoxy) is 1. The van der Waals surface area contributed by atoms with E-state index < -0.39 is 10.8 Å². The summed E-state index contributed by atoms with van der Waals surface area (Å²) < 4.78 is 33.8. The number of hydrogen-bond acceptors (Lipinski definition) is 4. The van der Waals surface area contributed by atoms with Gasteiger partial charge in [-0.25, -0.2) is 9.37 Å². The largest absolute Gasteiger partial charge is 0.381 e. The molecule has 6 nitrogen and oxygen atoms in total. The number of nitrogens with zero attached hydrogens (tertiary/aromatic N) is 3. The van der Waals surface area contributed by atoms with E-state index in [1.807, 2.05) is 37.4 Å². The van der Waals surface area contributed by atoms with Crippen LogP contribution in [0.1, 0.15) is 30.1 Å². The number of hydrogen-bond donors (Lipinski definition) is 1. The van der Waals surface area contributed by atoms with Crippen molar-refractivity contribution in [1.82, 2.24) is 19.7 Å². The van der Waals surface area contributed by atoms with Gasteiger partial charge in [0.2, 0.25) is 0 Å². The average molecular weight is 489 g/mol. The van der Waals surface area contributed by atoms with Gasteiger partial charge in [0.05, 0.1) is 21.8 Å². The molecule has 0 spiro atoms. The Morgan fingerprint density at radius 2 is 1.86 bits per heavy atom. The van der Waals surface area contributed by atoms with Crippen LogP contribution in [0.2, 0.25) is 0 Å². The molecular weight excluding hydrogens is 463 g/mol. The molecule has 1 N–H and O–H groups in total. The van der Waals surface area contributed by atoms with Crippen LogP contribution in [0.15, 0.2) is 59.8 Å². The summed E-state index contributed by atoms with van der Waals surface area (Å²) in [6.07, 6.45) is 5.23. The number of rotatable bonds is 4. The van der Waals surface area contributed by atoms with Crippen LogP contribution in [0.5, 0.6) is 0 Å². The molecule has 0 aliphatic carbocycles. The number of fused-ring (bicyclic) bond motifs is 2. The molecule has 178 valence electrons. The minimum atomic E-state index is -1.16. The van der Waals surface area contributed by atoms with E-state index in [1.54, 1.807) is 6.26 Å². The highest BCUT2D eigenvalue weighted by Crippen LogP contribution is 2.44. The van der Waals surface area contributed by atoms with Gasteiger partial charge in [-0.3, -0.25) is 9.31 Å². The summed E-state index contributed by atoms with van der Waals surface area (Å²) in [7, 11) is -1.16. The molecule has 1 saturated heterocycles. The molecule has 1 fully saturated rings. The topological polar surface area (TPSA) is 72.8 Å². The minimum Gasteiger partial charge on any atom is -0.381 e. The standard InChI is InChI=1S/C27H25FN4O2S/c1-16-21-14-24-22(13-23(21)31-30-16)26(18-3-8-25(29-15-18)35(2)33)27(17-9-11-34-12-10-17)32(24)20-6-4-19(28)5-7-20/h3-8,13-15,17H,9-12H2,1-2H3,(H,30,31). The van der Waals surface area contributed by atoms with Crippen molar-refractivity contribution in [3.63, 3.8) is 0 Å². The van der Waals surface area contributed by atoms with Gasteiger partial charge in [0.15, 0.2) is 0 Å². The number of aryl methyl sites for hydroxylation is 1. The fourth-order valence-electron chi connectivity index (χ4n) is 5.17. The highest BCUT2D eigenvalue weighted by atomic mass is 32.2. The van der Waals surface area contributed by atoms with Gasteiger partial charge in [-0.2, -0.15) is 5.10 Å². The minimum absolute atomic E-state index is 0.256. The van der Waals surface area contributed by atoms with Crippen LogP contribution in [0.3, 0.4) is 0 Å². The highest BCUT2D eigenvalue weighted by molar-refractivity contribution is 7.84. The first-order chi connectivity index (χ1) is 17.0. The first-order valence-corrected chi connectivity index (χ1v) is 13.2. The third-order valence-electron chi connectivity index (χ3n) is 6.88. The average Bonchev–Trinajstić information content (AvgIpc) is 3.41. The normalized spacial score (nSPS) is 15.7. The molecule has 8 heteroatoms. The maximum absolute atomic E-state index is 13.9. The third kappa shape index (κ3) is 3.77. The van der Waals surface area contributed by atoms with Crippen LogP contribution >= 0.6 is 0 Å². The van der Waals surface area contributed by atoms with E-state index in [-0.39, 0.29) is 11.7 Å². The Kier molecular flexibility index (Phi) is 5.50. The predicted octanol–water partition coefficient (Wildman–Crippen LogP) is 5.65. The molecule has 0 radical (unpaired) electrons. The van der Waals surface area contributed by atoms with Crippen molar-refractivity contribution >= 4 is 32.6 Å². The Bertz CT molecular complexity index is 1570. The van der Waals surface area contributed by atoms with E-state index >= 15 is 0 Å². The summed E-state index contributed by atoms with van der Waals surface area (Å²) in [6.45, 7) is 3.41. The van der Waals surface area contributed by atoms with Crippen LogP contribution in [0.25, 0.3) is 38.6 Å². The first kappa shape index (κ1) is 22.1. The molecule has 1 aliphatic rings. The molecule has 3 aromatic heterocycles. The van der Waals surface area contributed by atoms with Crippen molar-refractivity contribution in [2.24, 2.45) is 0 Å². The predicted molar refractivity (Wildman–Crippen MR) is 136 cm³/mol. The molecule has 2 aromatic carbocycles. The highest BCUT2D eigenvalue weighted by Gasteiger charge is 2.28. The quantitative estimate of drug-likeness (QED) is 0.355. The lowest BCUT2D eigenvalue weighted by Gasteiger charge is -2.25. The Morgan fingerprint density at radius 3 is 2.54 bits per heavy atom. The van der Waals surface area contributed by atoms with Gasteiger partial charge in [-0.1, -0.05) is 0 Å². The fourth-order valence-corrected chi connectivity index (χ4v) is 5.63. The van der Waals surface area contributed by atoms with Crippen LogP contribution in [0, 0.1) is 12.7 Å². The summed E-state index contributed by atoms with van der Waals surface area (Å²) in [4.78, 5) is 4.50. The van der Waals surface area contributed by atoms with E-state index in [1.165, 1.54) is 12.1 Å². The number of H-pyrrole nitrogens is 1. The summed E-state index contributed by atoms with van der Waals surface area (Å²) in [5, 5.41) is 10.3. The van der Waals surface area contributed by atoms with Gasteiger partial charge in [0.25, 0.3) is 0 Å². The molecule has 0 amide bonds. The number of nitrogens with one attached hydrogen (secondary N) is 1. The van der Waals surface area contributed by atoms with Crippen molar-refractivity contribution < 1.29 is 13.3 Å². The Hall–Kier alpha value is -3.36. The molecule has 1 aliphatic heterocycles. The number of aromatic nitrogens is 4. The van der Waals surface area contributed by atoms with Gasteiger partial charge < -0.3 is 9.30 Å². The molecule has 0 bridgehead atoms. The van der Waals surface area contributed by atoms with Crippen molar-refractivity contribution in [2.75, 3.05) is 19.5 Å². The summed E-state index contributed by atoms with van der Waals surface area (Å²) in [5.74, 6) is -0.00959. The maximum Gasteiger partial charge on any atom is 0.126 e. The van der Waals surface area contributed by atoms with E-state index in [9.17, 15) is 8.60 Å². The van der Waals surface area contributed by atoms with Crippen molar-refractivity contribution in [2.45, 2.75) is 30.7 Å². The molecule has 35 heavy (non-hydrogen) atoms. The Labute approximate surface area is 204 Å². The van der Waals surface area contributed by atoms with Crippen molar-refractivity contribution in [3.8, 4) is 16.8 Å². The molecule has 1 unspecified atom stereocenters. The zero-order valence-electron chi connectivity index (χ0n) is 19.5. The molecule has 5 aromatic rings. The van der Waals surface area contributed by atoms with E-state index in [0.717, 1.165) is 62.8 Å². The van der Waals surface area contributed by atoms with Crippen molar-refractivity contribution in [1.29, 1.82) is 0 Å². The third-order valence-corrected chi connectivity index (χ3v) is 7.71. The lowest BCUT2D eigenvalue weighted by atomic mass is 9.90. The molecule has 1 atom stereocenters. The molecular formula is C27H25FN4O2S. The van der Waals surface area contributed by atoms with Gasteiger partial charge in [0.1, 0.15) is 10.8 Å². The number of pyridine rings is 1. The summed E-state index contributed by atoms with van der Waals surface area (Å²) in [5.41, 5.74) is 7.04. The molecule has 0 saturated carbocycles. The molecule has 6 rings (SSSR count). The summed E-state index contributed by atoms with van der Waals surface area (Å²) >= 11 is 0. The number of halogens is 1. The van der Waals surface area contributed by atoms with Crippen LogP contribution < -0.4 is 0 Å². The SMILES string of the molecule is Cc1[nH]nc2cc3c(-c4ccc(S(C)=O)nc4)c(C4CCOCC4)n(-c4ccc(F)cc4)c3cc12. The van der Waals surface area contributed by atoms with Crippen LogP contribution in [-0.2, 0) is 15.5 Å². The van der Waals surface area contributed by atoms with Crippen LogP contribution in [0.4, 0.5) is 4.39 Å². The second-order valence-corrected chi connectivity index (χ2v) is 10.4. The zero-order chi connectivity index (χ0) is 24.1. The van der Waals surface area contributed by atoms with Gasteiger partial charge in [0, 0.05) is 70.6 Å². The first-order valence-electron chi connectivity index (χ1n) is 11.7. The van der Waals surface area contributed by atoms with Gasteiger partial charge >= 0.3 is 0 Å². The van der Waals surface area contributed by atoms with Gasteiger partial charge in [-0.15, -0.1) is 0 Å². The lowest BCUT2D eigenvalue weighted by molar-refractivity contribution is 0.0843. The monoisotopic (exact) mass is 488 g/mol. The second kappa shape index (κ2) is 8.70. The number of benzene rings is 2. The smallest absolute Gasteiger partial charge is 0.126 e.